The molecular weight excluding hydrogens is 1850 g/mol. The van der Waals surface area contributed by atoms with Crippen molar-refractivity contribution in [1.29, 1.82) is 0 Å². The fourth-order valence-corrected chi connectivity index (χ4v) is 25.1. The molecule has 8 saturated heterocycles. The molecule has 2 unspecified atom stereocenters. The highest BCUT2D eigenvalue weighted by molar-refractivity contribution is 6.17. The van der Waals surface area contributed by atoms with Gasteiger partial charge >= 0.3 is 0 Å². The molecule has 15 aliphatic rings. The van der Waals surface area contributed by atoms with Crippen molar-refractivity contribution < 1.29 is 33.4 Å². The average Bonchev–Trinajstić information content (AvgIpc) is 1.58. The van der Waals surface area contributed by atoms with Crippen LogP contribution in [0.4, 0.5) is 22.9 Å². The van der Waals surface area contributed by atoms with E-state index in [0.717, 1.165) is 256 Å². The fraction of sp³-hybridized carbons (Fsp3) is 0.478. The van der Waals surface area contributed by atoms with E-state index in [0.29, 0.717) is 82.4 Å². The van der Waals surface area contributed by atoms with Crippen LogP contribution in [0.5, 0.6) is 17.6 Å². The first-order valence-corrected chi connectivity index (χ1v) is 52.9. The van der Waals surface area contributed by atoms with E-state index < -0.39 is 5.41 Å². The van der Waals surface area contributed by atoms with Gasteiger partial charge in [0.05, 0.1) is 85.8 Å². The summed E-state index contributed by atoms with van der Waals surface area (Å²) in [5, 5.41) is 13.4. The van der Waals surface area contributed by atoms with E-state index in [1.807, 2.05) is 126 Å². The highest BCUT2D eigenvalue weighted by atomic mass is 16.5. The van der Waals surface area contributed by atoms with Crippen LogP contribution in [0.2, 0.25) is 0 Å². The molecule has 34 nitrogen and oxygen atoms in total. The second-order valence-corrected chi connectivity index (χ2v) is 44.2. The highest BCUT2D eigenvalue weighted by Gasteiger charge is 2.72. The third-order valence-corrected chi connectivity index (χ3v) is 32.9. The molecule has 4 amide bonds. The van der Waals surface area contributed by atoms with Crippen molar-refractivity contribution in [3.05, 3.63) is 239 Å². The van der Waals surface area contributed by atoms with E-state index in [1.54, 1.807) is 39.2 Å². The Kier molecular flexibility index (Phi) is 26.1. The average molecular weight is 1980 g/mol. The molecule has 3 atom stereocenters. The third kappa shape index (κ3) is 19.8. The number of amides is 4. The molecule has 3 spiro atoms. The van der Waals surface area contributed by atoms with Gasteiger partial charge in [-0.05, 0) is 220 Å². The van der Waals surface area contributed by atoms with Crippen molar-refractivity contribution in [2.75, 3.05) is 177 Å². The zero-order valence-electron chi connectivity index (χ0n) is 86.1. The summed E-state index contributed by atoms with van der Waals surface area (Å²) in [4.78, 5) is 126. The lowest BCUT2D eigenvalue weighted by molar-refractivity contribution is -0.184. The Hall–Kier alpha value is -13.8. The van der Waals surface area contributed by atoms with Crippen LogP contribution in [0.25, 0.3) is 28.3 Å². The van der Waals surface area contributed by atoms with Crippen LogP contribution in [-0.4, -0.2) is 320 Å². The van der Waals surface area contributed by atoms with Gasteiger partial charge in [0.15, 0.2) is 17.5 Å². The van der Waals surface area contributed by atoms with E-state index in [-0.39, 0.29) is 63.7 Å². The normalized spacial score (nSPS) is 23.6. The number of aromatic nitrogens is 13. The molecule has 34 heteroatoms. The molecule has 12 aliphatic heterocycles. The molecule has 3 aliphatic carbocycles. The van der Waals surface area contributed by atoms with Crippen molar-refractivity contribution in [3.8, 4) is 40.4 Å². The summed E-state index contributed by atoms with van der Waals surface area (Å²) in [7, 11) is 5.68. The molecular formula is C113H133N27O7. The molecule has 0 N–H and O–H groups in total. The number of fused-ring (bicyclic) bond motifs is 3. The first kappa shape index (κ1) is 96.6. The second-order valence-electron chi connectivity index (χ2n) is 44.2. The zero-order chi connectivity index (χ0) is 101. The van der Waals surface area contributed by atoms with Gasteiger partial charge in [-0.2, -0.15) is 15.3 Å². The van der Waals surface area contributed by atoms with Gasteiger partial charge in [0.25, 0.3) is 0 Å². The summed E-state index contributed by atoms with van der Waals surface area (Å²) in [6.07, 6.45) is 23.6. The lowest BCUT2D eigenvalue weighted by Crippen LogP contribution is -2.78. The standard InChI is InChI=1S/C39H44N8O2.C38H45N9O2.C36H44N10O3/c1-27(2)49-35-11-9-32(22-40-35)37-34-20-33(10-8-31(34)21-41-37)47-19-15-39(25-47)14-18-45(24-39)23-36(48)46-16-12-29(13-17-46)28-4-6-30(7-5-28)38-42-26-44(3)43-38;1-27(2)49-34-11-7-30(22-39-34)36-33-20-32(10-6-29(33)21-40-36)47-15-13-38(25-47)12-14-44(24-38)23-35(48)46-18-16-45(17-19-46)31-8-4-28(5-9-31)37-41-26-43(3)42-37;1-24(2)49-28-7-5-25(16-37-28)30-31-26(17-38-30)4-6-27(40-31)46-11-9-34(33(46)48)8-10-43(22-34)18-29(47)44-12-14-45(15-13-44)36-19-35(20-36,21-36)32-39-23-42(3)41-32/h4-12,20,22,26-27H,13-19,21,23-25H2,1-3H3;4-11,20,22,26-27H,12-19,21,23-25H2,1-3H3;4-7,16,23-24H,8-15,17-22H2,1-3H3/t;;34-,35?,36?/m..0/s1. The largest absolute Gasteiger partial charge is 0.475 e. The number of hydrogen-bond acceptors (Lipinski definition) is 27. The summed E-state index contributed by atoms with van der Waals surface area (Å²) in [5.74, 6) is 5.79. The summed E-state index contributed by atoms with van der Waals surface area (Å²) in [6.45, 7) is 33.4. The molecule has 7 aromatic heterocycles. The number of piperazine rings is 2. The van der Waals surface area contributed by atoms with Crippen molar-refractivity contribution in [1.82, 2.24) is 98.5 Å². The zero-order valence-corrected chi connectivity index (χ0v) is 86.1. The minimum Gasteiger partial charge on any atom is -0.475 e. The smallest absolute Gasteiger partial charge is 0.237 e. The molecule has 11 aromatic rings. The number of benzene rings is 4. The van der Waals surface area contributed by atoms with Crippen LogP contribution >= 0.6 is 0 Å². The quantitative estimate of drug-likeness (QED) is 0.0542. The molecule has 3 saturated carbocycles. The van der Waals surface area contributed by atoms with E-state index in [9.17, 15) is 19.2 Å². The number of carbonyl (C=O) groups excluding carboxylic acids is 4. The SMILES string of the molecule is CC(C)Oc1ccc(C2=NCc3ccc(N4CCC5(CCN(CC(=O)N6CC=C(c7ccc(-c8ncn(C)n8)cc7)CC6)C5)C4)cc32)cn1.CC(C)Oc1ccc(C2=NCc3ccc(N4CCC5(CCN(CC(=O)N6CCN(c7ccc(-c8ncn(C)n8)cc7)CC6)C5)C4)cc32)cn1.CC(C)Oc1ccc(C2=NCc3ccc(N4CC[C@]5(CCN(CC(=O)N6CCN(C78CC(c9ncn(C)n9)(C7)C8)CC6)C5)C4=O)nc32)cn1. The number of hydrogen-bond donors (Lipinski definition) is 0. The molecule has 0 radical (unpaired) electrons. The van der Waals surface area contributed by atoms with Gasteiger partial charge in [0.2, 0.25) is 41.3 Å². The number of anilines is 4. The molecule has 762 valence electrons. The van der Waals surface area contributed by atoms with E-state index in [4.69, 9.17) is 34.2 Å². The summed E-state index contributed by atoms with van der Waals surface area (Å²) in [5.41, 5.74) is 21.2. The number of aryl methyl sites for hydroxylation is 3. The van der Waals surface area contributed by atoms with Crippen LogP contribution in [0.1, 0.15) is 167 Å². The van der Waals surface area contributed by atoms with Gasteiger partial charge in [0.1, 0.15) is 24.8 Å². The van der Waals surface area contributed by atoms with Gasteiger partial charge in [-0.25, -0.2) is 34.9 Å². The summed E-state index contributed by atoms with van der Waals surface area (Å²) in [6, 6.07) is 46.3. The number of aliphatic imine (C=N–C) groups is 3. The van der Waals surface area contributed by atoms with Crippen molar-refractivity contribution in [2.45, 2.75) is 155 Å². The van der Waals surface area contributed by atoms with Gasteiger partial charge in [0, 0.05) is 259 Å². The number of likely N-dealkylation sites (tertiary alicyclic amines) is 3. The van der Waals surface area contributed by atoms with Crippen LogP contribution in [0, 0.1) is 16.2 Å². The van der Waals surface area contributed by atoms with Crippen LogP contribution in [-0.2, 0) is 65.4 Å². The minimum atomic E-state index is -0.463. The van der Waals surface area contributed by atoms with Gasteiger partial charge in [-0.15, -0.1) is 0 Å². The van der Waals surface area contributed by atoms with Crippen molar-refractivity contribution in [2.24, 2.45) is 52.4 Å². The maximum atomic E-state index is 14.0. The Balaban J connectivity index is 0.000000121. The van der Waals surface area contributed by atoms with Crippen LogP contribution < -0.4 is 33.8 Å². The minimum absolute atomic E-state index is 0.0508. The molecule has 147 heavy (non-hydrogen) atoms. The molecule has 11 fully saturated rings. The monoisotopic (exact) mass is 1980 g/mol. The molecule has 2 bridgehead atoms. The van der Waals surface area contributed by atoms with Gasteiger partial charge in [-0.1, -0.05) is 48.5 Å². The molecule has 19 heterocycles. The summed E-state index contributed by atoms with van der Waals surface area (Å²) >= 11 is 0. The summed E-state index contributed by atoms with van der Waals surface area (Å²) < 4.78 is 22.4. The van der Waals surface area contributed by atoms with E-state index in [1.165, 1.54) is 50.5 Å². The number of pyridine rings is 4. The number of ether oxygens (including phenoxy) is 3. The Morgan fingerprint density at radius 1 is 0.388 bits per heavy atom. The van der Waals surface area contributed by atoms with E-state index in [2.05, 4.69) is 188 Å². The maximum absolute atomic E-state index is 14.0. The highest BCUT2D eigenvalue weighted by Crippen LogP contribution is 2.70. The van der Waals surface area contributed by atoms with Gasteiger partial charge in [-0.3, -0.25) is 72.7 Å². The predicted octanol–water partition coefficient (Wildman–Crippen LogP) is 11.7. The molecule has 26 rings (SSSR count). The van der Waals surface area contributed by atoms with Crippen molar-refractivity contribution in [3.63, 3.8) is 0 Å². The lowest BCUT2D eigenvalue weighted by atomic mass is 9.38. The lowest BCUT2D eigenvalue weighted by Gasteiger charge is -2.73. The number of nitrogens with zero attached hydrogens (tertiary/aromatic N) is 27. The Bertz CT molecular complexity index is 6880. The fourth-order valence-electron chi connectivity index (χ4n) is 25.1. The first-order chi connectivity index (χ1) is 71.2. The van der Waals surface area contributed by atoms with Crippen LogP contribution in [0.15, 0.2) is 192 Å². The number of carbonyl (C=O) groups is 4. The predicted molar refractivity (Wildman–Crippen MR) is 565 cm³/mol. The van der Waals surface area contributed by atoms with Gasteiger partial charge < -0.3 is 43.6 Å². The number of rotatable bonds is 24. The third-order valence-electron chi connectivity index (χ3n) is 32.9. The Morgan fingerprint density at radius 3 is 1.32 bits per heavy atom. The van der Waals surface area contributed by atoms with Crippen molar-refractivity contribution >= 4 is 69.2 Å². The van der Waals surface area contributed by atoms with Crippen LogP contribution in [0.3, 0.4) is 0 Å². The Labute approximate surface area is 859 Å². The topological polar surface area (TPSA) is 312 Å². The second kappa shape index (κ2) is 39.8. The molecule has 4 aromatic carbocycles. The van der Waals surface area contributed by atoms with E-state index >= 15 is 0 Å². The Morgan fingerprint density at radius 2 is 0.830 bits per heavy atom. The maximum Gasteiger partial charge on any atom is 0.237 e. The first-order valence-electron chi connectivity index (χ1n) is 52.9.